The molecule has 1 aromatic heterocycles. The number of nitrogens with one attached hydrogen (secondary N) is 1. The van der Waals surface area contributed by atoms with Crippen molar-refractivity contribution in [1.29, 1.82) is 0 Å². The number of carbonyl (C=O) groups excluding carboxylic acids is 1. The third-order valence-corrected chi connectivity index (χ3v) is 3.57. The molecule has 1 atom stereocenters. The maximum atomic E-state index is 11.2. The number of carbonyl (C=O) groups is 1. The fourth-order valence-corrected chi connectivity index (χ4v) is 2.36. The molecule has 5 heteroatoms. The first-order valence-corrected chi connectivity index (χ1v) is 6.80. The van der Waals surface area contributed by atoms with Crippen molar-refractivity contribution in [3.63, 3.8) is 0 Å². The van der Waals surface area contributed by atoms with Crippen LogP contribution in [0.15, 0.2) is 47.6 Å². The molecule has 0 saturated heterocycles. The van der Waals surface area contributed by atoms with Crippen molar-refractivity contribution in [2.75, 3.05) is 5.43 Å². The summed E-state index contributed by atoms with van der Waals surface area (Å²) in [5.41, 5.74) is 4.81. The summed E-state index contributed by atoms with van der Waals surface area (Å²) in [6.07, 6.45) is 2.68. The van der Waals surface area contributed by atoms with E-state index in [1.165, 1.54) is 0 Å². The number of benzene rings is 1. The molecule has 0 radical (unpaired) electrons. The van der Waals surface area contributed by atoms with Crippen LogP contribution >= 0.6 is 0 Å². The number of nitrogens with zero attached hydrogens (tertiary/aromatic N) is 2. The van der Waals surface area contributed by atoms with Crippen molar-refractivity contribution in [3.8, 4) is 0 Å². The van der Waals surface area contributed by atoms with Gasteiger partial charge in [-0.05, 0) is 31.5 Å². The second kappa shape index (κ2) is 4.86. The van der Waals surface area contributed by atoms with Crippen LogP contribution in [0.4, 0.5) is 0 Å². The second-order valence-electron chi connectivity index (χ2n) is 5.61. The molecule has 3 rings (SSSR count). The van der Waals surface area contributed by atoms with Crippen LogP contribution in [0.5, 0.6) is 0 Å². The van der Waals surface area contributed by atoms with Gasteiger partial charge in [-0.1, -0.05) is 24.3 Å². The molecule has 0 spiro atoms. The Kier molecular flexibility index (Phi) is 3.14. The van der Waals surface area contributed by atoms with E-state index >= 15 is 0 Å². The summed E-state index contributed by atoms with van der Waals surface area (Å²) in [5.74, 6) is 0.637. The summed E-state index contributed by atoms with van der Waals surface area (Å²) in [4.78, 5) is 15.6. The number of aliphatic hydroxyl groups is 1. The topological polar surface area (TPSA) is 66.6 Å². The van der Waals surface area contributed by atoms with E-state index in [0.717, 1.165) is 23.1 Å². The lowest BCUT2D eigenvalue weighted by Gasteiger charge is -2.23. The molecule has 21 heavy (non-hydrogen) atoms. The highest BCUT2D eigenvalue weighted by atomic mass is 16.3. The minimum Gasteiger partial charge on any atom is -0.386 e. The van der Waals surface area contributed by atoms with Gasteiger partial charge in [0.1, 0.15) is 11.9 Å². The largest absolute Gasteiger partial charge is 0.386 e. The van der Waals surface area contributed by atoms with Crippen LogP contribution in [0.1, 0.15) is 36.7 Å². The molecule has 0 aliphatic carbocycles. The number of fused-ring (bicyclic) bond motifs is 1. The Morgan fingerprint density at radius 2 is 2.00 bits per heavy atom. The lowest BCUT2D eigenvalue weighted by Crippen LogP contribution is -2.31. The molecule has 1 aromatic carbocycles. The predicted molar refractivity (Wildman–Crippen MR) is 80.8 cm³/mol. The molecule has 5 nitrogen and oxygen atoms in total. The van der Waals surface area contributed by atoms with Gasteiger partial charge < -0.3 is 9.90 Å². The minimum absolute atomic E-state index is 0.495. The van der Waals surface area contributed by atoms with Crippen molar-refractivity contribution in [1.82, 2.24) is 4.68 Å². The van der Waals surface area contributed by atoms with Crippen LogP contribution in [0.2, 0.25) is 0 Å². The standard InChI is InChI=1S/C16H17N3O2/c1-16(2,21)12-7-5-11(6-8-12)15-17-13(10-20)14-4-3-9-19(14)18-15/h3-10,13,21H,1-2H3,(H,17,18). The number of hydrogen-bond donors (Lipinski definition) is 2. The lowest BCUT2D eigenvalue weighted by atomic mass is 9.97. The Morgan fingerprint density at radius 3 is 2.62 bits per heavy atom. The summed E-state index contributed by atoms with van der Waals surface area (Å²) < 4.78 is 1.80. The van der Waals surface area contributed by atoms with E-state index in [1.807, 2.05) is 42.6 Å². The summed E-state index contributed by atoms with van der Waals surface area (Å²) in [5, 5.41) is 9.98. The lowest BCUT2D eigenvalue weighted by molar-refractivity contribution is -0.109. The van der Waals surface area contributed by atoms with Crippen LogP contribution in [0.3, 0.4) is 0 Å². The smallest absolute Gasteiger partial charge is 0.150 e. The molecule has 2 N–H and O–H groups in total. The maximum Gasteiger partial charge on any atom is 0.150 e. The van der Waals surface area contributed by atoms with Crippen LogP contribution in [0, 0.1) is 0 Å². The second-order valence-corrected chi connectivity index (χ2v) is 5.61. The van der Waals surface area contributed by atoms with Gasteiger partial charge in [-0.25, -0.2) is 4.99 Å². The molecule has 108 valence electrons. The van der Waals surface area contributed by atoms with Crippen molar-refractivity contribution in [3.05, 3.63) is 59.4 Å². The molecule has 0 saturated carbocycles. The Labute approximate surface area is 122 Å². The average molecular weight is 283 g/mol. The summed E-state index contributed by atoms with van der Waals surface area (Å²) >= 11 is 0. The van der Waals surface area contributed by atoms with Gasteiger partial charge in [-0.15, -0.1) is 0 Å². The Morgan fingerprint density at radius 1 is 1.29 bits per heavy atom. The zero-order valence-electron chi connectivity index (χ0n) is 11.9. The van der Waals surface area contributed by atoms with Crippen molar-refractivity contribution in [2.24, 2.45) is 4.99 Å². The quantitative estimate of drug-likeness (QED) is 0.846. The number of aliphatic imine (C=N–C) groups is 1. The van der Waals surface area contributed by atoms with E-state index in [4.69, 9.17) is 0 Å². The molecule has 0 fully saturated rings. The summed E-state index contributed by atoms with van der Waals surface area (Å²) in [7, 11) is 0. The first-order chi connectivity index (χ1) is 9.99. The molecule has 1 unspecified atom stereocenters. The highest BCUT2D eigenvalue weighted by molar-refractivity contribution is 6.05. The van der Waals surface area contributed by atoms with E-state index in [0.29, 0.717) is 5.84 Å². The number of hydrogen-bond acceptors (Lipinski definition) is 4. The average Bonchev–Trinajstić information content (AvgIpc) is 2.93. The fraction of sp³-hybridized carbons (Fsp3) is 0.250. The molecule has 0 bridgehead atoms. The zero-order chi connectivity index (χ0) is 15.0. The Balaban J connectivity index is 1.94. The van der Waals surface area contributed by atoms with Gasteiger partial charge in [-0.2, -0.15) is 0 Å². The van der Waals surface area contributed by atoms with Gasteiger partial charge in [0.15, 0.2) is 6.29 Å². The third-order valence-electron chi connectivity index (χ3n) is 3.57. The SMILES string of the molecule is CC(C)(O)c1ccc(C2=NC(C=O)c3cccn3N2)cc1. The first kappa shape index (κ1) is 13.6. The zero-order valence-corrected chi connectivity index (χ0v) is 11.9. The van der Waals surface area contributed by atoms with Gasteiger partial charge in [0, 0.05) is 11.8 Å². The third kappa shape index (κ3) is 2.48. The molecule has 1 aliphatic heterocycles. The monoisotopic (exact) mass is 283 g/mol. The van der Waals surface area contributed by atoms with Crippen molar-refractivity contribution < 1.29 is 9.90 Å². The number of aldehydes is 1. The van der Waals surface area contributed by atoms with Gasteiger partial charge in [-0.3, -0.25) is 10.1 Å². The van der Waals surface area contributed by atoms with E-state index in [1.54, 1.807) is 18.5 Å². The van der Waals surface area contributed by atoms with Gasteiger partial charge in [0.25, 0.3) is 0 Å². The van der Waals surface area contributed by atoms with E-state index < -0.39 is 11.6 Å². The molecule has 0 amide bonds. The van der Waals surface area contributed by atoms with Crippen LogP contribution in [0.25, 0.3) is 0 Å². The fourth-order valence-electron chi connectivity index (χ4n) is 2.36. The number of rotatable bonds is 3. The highest BCUT2D eigenvalue weighted by Crippen LogP contribution is 2.23. The number of amidine groups is 1. The summed E-state index contributed by atoms with van der Waals surface area (Å²) in [6.45, 7) is 3.49. The van der Waals surface area contributed by atoms with Crippen LogP contribution < -0.4 is 5.43 Å². The van der Waals surface area contributed by atoms with Gasteiger partial charge in [0.05, 0.1) is 11.3 Å². The first-order valence-electron chi connectivity index (χ1n) is 6.80. The van der Waals surface area contributed by atoms with E-state index in [-0.39, 0.29) is 0 Å². The molecular weight excluding hydrogens is 266 g/mol. The summed E-state index contributed by atoms with van der Waals surface area (Å²) in [6, 6.07) is 10.7. The van der Waals surface area contributed by atoms with Crippen molar-refractivity contribution >= 4 is 12.1 Å². The molecule has 2 heterocycles. The normalized spacial score (nSPS) is 17.7. The number of aromatic nitrogens is 1. The Bertz CT molecular complexity index is 693. The molecule has 1 aliphatic rings. The van der Waals surface area contributed by atoms with Crippen LogP contribution in [-0.4, -0.2) is 21.9 Å². The van der Waals surface area contributed by atoms with Crippen molar-refractivity contribution in [2.45, 2.75) is 25.5 Å². The molecule has 2 aromatic rings. The molecular formula is C16H17N3O2. The maximum absolute atomic E-state index is 11.2. The Hall–Kier alpha value is -2.40. The van der Waals surface area contributed by atoms with E-state index in [9.17, 15) is 9.90 Å². The minimum atomic E-state index is -0.876. The highest BCUT2D eigenvalue weighted by Gasteiger charge is 2.21. The van der Waals surface area contributed by atoms with Crippen LogP contribution in [-0.2, 0) is 10.4 Å². The predicted octanol–water partition coefficient (Wildman–Crippen LogP) is 1.96. The van der Waals surface area contributed by atoms with Gasteiger partial charge in [0.2, 0.25) is 0 Å². The van der Waals surface area contributed by atoms with Gasteiger partial charge >= 0.3 is 0 Å². The van der Waals surface area contributed by atoms with E-state index in [2.05, 4.69) is 10.4 Å².